The summed E-state index contributed by atoms with van der Waals surface area (Å²) in [6.07, 6.45) is 2.25. The molecule has 0 bridgehead atoms. The topological polar surface area (TPSA) is 92.5 Å². The van der Waals surface area contributed by atoms with E-state index in [4.69, 9.17) is 5.73 Å². The summed E-state index contributed by atoms with van der Waals surface area (Å²) >= 11 is 0. The maximum atomic E-state index is 11.6. The molecule has 18 heavy (non-hydrogen) atoms. The fraction of sp³-hybridized carbons (Fsp3) is 0.909. The minimum atomic E-state index is -3.17. The first kappa shape index (κ1) is 15.4. The zero-order chi connectivity index (χ0) is 13.6. The lowest BCUT2D eigenvalue weighted by Gasteiger charge is -2.20. The summed E-state index contributed by atoms with van der Waals surface area (Å²) in [7, 11) is -1.25. The van der Waals surface area contributed by atoms with Crippen LogP contribution in [0.2, 0.25) is 0 Å². The summed E-state index contributed by atoms with van der Waals surface area (Å²) in [4.78, 5) is 12.6. The number of hydrogen-bond donors (Lipinski definition) is 2. The van der Waals surface area contributed by atoms with Crippen molar-refractivity contribution in [2.24, 2.45) is 5.73 Å². The average Bonchev–Trinajstić information content (AvgIpc) is 2.77. The third-order valence-corrected chi connectivity index (χ3v) is 4.77. The lowest BCUT2D eigenvalue weighted by molar-refractivity contribution is -0.117. The quantitative estimate of drug-likeness (QED) is 0.591. The third-order valence-electron chi connectivity index (χ3n) is 3.14. The third kappa shape index (κ3) is 6.32. The Hall–Kier alpha value is -0.660. The first-order valence-electron chi connectivity index (χ1n) is 6.30. The molecule has 3 N–H and O–H groups in total. The van der Waals surface area contributed by atoms with Gasteiger partial charge in [-0.05, 0) is 26.4 Å². The first-order valence-corrected chi connectivity index (χ1v) is 8.12. The molecule has 1 saturated heterocycles. The van der Waals surface area contributed by atoms with Gasteiger partial charge in [0.1, 0.15) is 0 Å². The lowest BCUT2D eigenvalue weighted by atomic mass is 10.2. The Kier molecular flexibility index (Phi) is 6.04. The summed E-state index contributed by atoms with van der Waals surface area (Å²) in [5.41, 5.74) is 4.94. The number of carbonyl (C=O) groups excluding carboxylic acids is 1. The van der Waals surface area contributed by atoms with Crippen LogP contribution in [-0.4, -0.2) is 63.5 Å². The molecular weight excluding hydrogens is 254 g/mol. The van der Waals surface area contributed by atoms with E-state index in [0.717, 1.165) is 19.5 Å². The summed E-state index contributed by atoms with van der Waals surface area (Å²) in [5.74, 6) is -0.622. The molecule has 0 radical (unpaired) electrons. The van der Waals surface area contributed by atoms with Crippen molar-refractivity contribution in [1.82, 2.24) is 10.2 Å². The van der Waals surface area contributed by atoms with E-state index in [1.807, 2.05) is 11.9 Å². The van der Waals surface area contributed by atoms with Crippen LogP contribution in [0.3, 0.4) is 0 Å². The van der Waals surface area contributed by atoms with Crippen molar-refractivity contribution in [3.63, 3.8) is 0 Å². The second-order valence-electron chi connectivity index (χ2n) is 4.92. The summed E-state index contributed by atoms with van der Waals surface area (Å²) in [6, 6.07) is 0.475. The maximum Gasteiger partial charge on any atom is 0.218 e. The Morgan fingerprint density at radius 1 is 1.44 bits per heavy atom. The van der Waals surface area contributed by atoms with Gasteiger partial charge in [-0.3, -0.25) is 4.79 Å². The number of nitrogens with zero attached hydrogens (tertiary/aromatic N) is 1. The molecule has 106 valence electrons. The number of nitrogens with two attached hydrogens (primary N) is 1. The maximum absolute atomic E-state index is 11.6. The van der Waals surface area contributed by atoms with Crippen LogP contribution in [0.25, 0.3) is 0 Å². The van der Waals surface area contributed by atoms with Gasteiger partial charge in [0, 0.05) is 25.6 Å². The molecule has 0 aromatic carbocycles. The van der Waals surface area contributed by atoms with E-state index in [0.29, 0.717) is 12.6 Å². The van der Waals surface area contributed by atoms with E-state index in [9.17, 15) is 13.2 Å². The van der Waals surface area contributed by atoms with Gasteiger partial charge in [-0.25, -0.2) is 8.42 Å². The molecule has 7 heteroatoms. The van der Waals surface area contributed by atoms with Crippen LogP contribution >= 0.6 is 0 Å². The number of likely N-dealkylation sites (N-methyl/N-ethyl adjacent to an activating group) is 1. The van der Waals surface area contributed by atoms with E-state index in [-0.39, 0.29) is 17.9 Å². The van der Waals surface area contributed by atoms with E-state index in [2.05, 4.69) is 5.32 Å². The van der Waals surface area contributed by atoms with Gasteiger partial charge >= 0.3 is 0 Å². The smallest absolute Gasteiger partial charge is 0.218 e. The number of primary amides is 1. The van der Waals surface area contributed by atoms with Crippen molar-refractivity contribution in [3.8, 4) is 0 Å². The van der Waals surface area contributed by atoms with E-state index >= 15 is 0 Å². The van der Waals surface area contributed by atoms with Crippen LogP contribution in [0, 0.1) is 0 Å². The monoisotopic (exact) mass is 277 g/mol. The normalized spacial score (nSPS) is 20.4. The van der Waals surface area contributed by atoms with E-state index < -0.39 is 15.7 Å². The summed E-state index contributed by atoms with van der Waals surface area (Å²) < 4.78 is 23.3. The van der Waals surface area contributed by atoms with Crippen LogP contribution in [0.1, 0.15) is 19.3 Å². The van der Waals surface area contributed by atoms with Gasteiger partial charge in [0.2, 0.25) is 5.91 Å². The van der Waals surface area contributed by atoms with Crippen LogP contribution in [0.5, 0.6) is 0 Å². The minimum absolute atomic E-state index is 0.0868. The van der Waals surface area contributed by atoms with Crippen molar-refractivity contribution in [1.29, 1.82) is 0 Å². The second kappa shape index (κ2) is 7.06. The molecule has 1 fully saturated rings. The van der Waals surface area contributed by atoms with Crippen LogP contribution < -0.4 is 11.1 Å². The number of rotatable bonds is 8. The molecule has 0 spiro atoms. The zero-order valence-corrected chi connectivity index (χ0v) is 11.7. The molecular formula is C11H23N3O3S. The number of amides is 1. The molecule has 0 aromatic heterocycles. The molecule has 1 heterocycles. The Morgan fingerprint density at radius 2 is 2.17 bits per heavy atom. The van der Waals surface area contributed by atoms with E-state index in [1.165, 1.54) is 6.42 Å². The minimum Gasteiger partial charge on any atom is -0.370 e. The van der Waals surface area contributed by atoms with Gasteiger partial charge < -0.3 is 16.0 Å². The standard InChI is InChI=1S/C11H23N3O3S/c1-14(9-10-3-2-5-13-10)6-8-18(16,17)7-4-11(12)15/h10,13H,2-9H2,1H3,(H2,12,15). The van der Waals surface area contributed by atoms with Gasteiger partial charge in [0.15, 0.2) is 9.84 Å². The number of hydrogen-bond acceptors (Lipinski definition) is 5. The van der Waals surface area contributed by atoms with Crippen LogP contribution in [0.15, 0.2) is 0 Å². The summed E-state index contributed by atoms with van der Waals surface area (Å²) in [6.45, 7) is 2.42. The zero-order valence-electron chi connectivity index (χ0n) is 10.9. The van der Waals surface area contributed by atoms with Gasteiger partial charge in [0.05, 0.1) is 11.5 Å². The highest BCUT2D eigenvalue weighted by Gasteiger charge is 2.18. The largest absolute Gasteiger partial charge is 0.370 e. The molecule has 1 unspecified atom stereocenters. The van der Waals surface area contributed by atoms with Crippen molar-refractivity contribution < 1.29 is 13.2 Å². The van der Waals surface area contributed by atoms with Gasteiger partial charge in [-0.2, -0.15) is 0 Å². The second-order valence-corrected chi connectivity index (χ2v) is 7.23. The predicted molar refractivity (Wildman–Crippen MR) is 71.0 cm³/mol. The lowest BCUT2D eigenvalue weighted by Crippen LogP contribution is -2.37. The highest BCUT2D eigenvalue weighted by atomic mass is 32.2. The van der Waals surface area contributed by atoms with Crippen molar-refractivity contribution >= 4 is 15.7 Å². The molecule has 1 aliphatic heterocycles. The van der Waals surface area contributed by atoms with Crippen LogP contribution in [0.4, 0.5) is 0 Å². The van der Waals surface area contributed by atoms with Gasteiger partial charge in [0.25, 0.3) is 0 Å². The molecule has 1 rings (SSSR count). The molecule has 1 aliphatic rings. The Labute approximate surface area is 109 Å². The van der Waals surface area contributed by atoms with Gasteiger partial charge in [-0.1, -0.05) is 0 Å². The van der Waals surface area contributed by atoms with Crippen molar-refractivity contribution in [2.45, 2.75) is 25.3 Å². The number of nitrogens with one attached hydrogen (secondary N) is 1. The number of carbonyl (C=O) groups is 1. The molecule has 1 amide bonds. The highest BCUT2D eigenvalue weighted by molar-refractivity contribution is 7.91. The average molecular weight is 277 g/mol. The van der Waals surface area contributed by atoms with Crippen LogP contribution in [-0.2, 0) is 14.6 Å². The Balaban J connectivity index is 2.23. The molecule has 0 aromatic rings. The SMILES string of the molecule is CN(CCS(=O)(=O)CCC(N)=O)CC1CCCN1. The van der Waals surface area contributed by atoms with Crippen molar-refractivity contribution in [2.75, 3.05) is 38.2 Å². The fourth-order valence-corrected chi connectivity index (χ4v) is 3.34. The van der Waals surface area contributed by atoms with Crippen molar-refractivity contribution in [3.05, 3.63) is 0 Å². The predicted octanol–water partition coefficient (Wildman–Crippen LogP) is -1.04. The molecule has 0 aliphatic carbocycles. The highest BCUT2D eigenvalue weighted by Crippen LogP contribution is 2.06. The molecule has 6 nitrogen and oxygen atoms in total. The molecule has 0 saturated carbocycles. The Morgan fingerprint density at radius 3 is 2.72 bits per heavy atom. The number of sulfone groups is 1. The summed E-state index contributed by atoms with van der Waals surface area (Å²) in [5, 5.41) is 3.37. The Bertz CT molecular complexity index is 364. The fourth-order valence-electron chi connectivity index (χ4n) is 2.03. The van der Waals surface area contributed by atoms with Gasteiger partial charge in [-0.15, -0.1) is 0 Å². The van der Waals surface area contributed by atoms with E-state index in [1.54, 1.807) is 0 Å². The first-order chi connectivity index (χ1) is 8.39. The molecule has 1 atom stereocenters.